The summed E-state index contributed by atoms with van der Waals surface area (Å²) in [4.78, 5) is 22.1. The molecule has 1 heterocycles. The van der Waals surface area contributed by atoms with E-state index >= 15 is 0 Å². The van der Waals surface area contributed by atoms with E-state index in [9.17, 15) is 14.7 Å². The number of carbonyl (C=O) groups is 2. The van der Waals surface area contributed by atoms with Crippen molar-refractivity contribution in [1.29, 1.82) is 0 Å². The maximum absolute atomic E-state index is 11.3. The fourth-order valence-electron chi connectivity index (χ4n) is 1.96. The zero-order chi connectivity index (χ0) is 12.2. The predicted molar refractivity (Wildman–Crippen MR) is 56.2 cm³/mol. The molecule has 1 aliphatic rings. The lowest BCUT2D eigenvalue weighted by atomic mass is 9.76. The normalized spacial score (nSPS) is 22.4. The van der Waals surface area contributed by atoms with Crippen LogP contribution in [0.25, 0.3) is 0 Å². The second kappa shape index (κ2) is 5.30. The molecule has 5 heteroatoms. The largest absolute Gasteiger partial charge is 0.481 e. The third-order valence-corrected chi connectivity index (χ3v) is 2.97. The maximum atomic E-state index is 11.3. The molecule has 1 saturated heterocycles. The van der Waals surface area contributed by atoms with E-state index in [2.05, 4.69) is 0 Å². The molecular formula is C11H18O5. The van der Waals surface area contributed by atoms with Crippen molar-refractivity contribution in [2.45, 2.75) is 45.1 Å². The first kappa shape index (κ1) is 13.0. The maximum Gasteiger partial charge on any atom is 0.310 e. The summed E-state index contributed by atoms with van der Waals surface area (Å²) in [6, 6.07) is 0. The SMILES string of the molecule is CCCCC(CC(=O)O)(CC1CO1)C(=O)O. The summed E-state index contributed by atoms with van der Waals surface area (Å²) in [6.07, 6.45) is 1.93. The molecule has 5 nitrogen and oxygen atoms in total. The van der Waals surface area contributed by atoms with Crippen molar-refractivity contribution in [1.82, 2.24) is 0 Å². The number of ether oxygens (including phenoxy) is 1. The van der Waals surface area contributed by atoms with E-state index in [0.29, 0.717) is 19.4 Å². The van der Waals surface area contributed by atoms with Gasteiger partial charge in [0.25, 0.3) is 0 Å². The Balaban J connectivity index is 2.73. The van der Waals surface area contributed by atoms with E-state index in [1.807, 2.05) is 6.92 Å². The number of hydrogen-bond donors (Lipinski definition) is 2. The first-order valence-corrected chi connectivity index (χ1v) is 5.57. The number of epoxide rings is 1. The van der Waals surface area contributed by atoms with Crippen LogP contribution < -0.4 is 0 Å². The number of aliphatic carboxylic acids is 2. The summed E-state index contributed by atoms with van der Waals surface area (Å²) in [6.45, 7) is 2.52. The lowest BCUT2D eigenvalue weighted by Crippen LogP contribution is -2.35. The number of unbranched alkanes of at least 4 members (excludes halogenated alkanes) is 1. The van der Waals surface area contributed by atoms with Crippen molar-refractivity contribution in [3.05, 3.63) is 0 Å². The highest BCUT2D eigenvalue weighted by Gasteiger charge is 2.45. The van der Waals surface area contributed by atoms with Crippen LogP contribution in [-0.4, -0.2) is 34.9 Å². The standard InChI is InChI=1S/C11H18O5/c1-2-3-4-11(10(14)15,6-9(12)13)5-8-7-16-8/h8H,2-7H2,1H3,(H,12,13)(H,14,15). The lowest BCUT2D eigenvalue weighted by Gasteiger charge is -2.27. The minimum Gasteiger partial charge on any atom is -0.481 e. The van der Waals surface area contributed by atoms with Crippen molar-refractivity contribution < 1.29 is 24.5 Å². The second-order valence-electron chi connectivity index (χ2n) is 4.42. The summed E-state index contributed by atoms with van der Waals surface area (Å²) in [5.74, 6) is -2.07. The first-order valence-electron chi connectivity index (χ1n) is 5.57. The van der Waals surface area contributed by atoms with Crippen molar-refractivity contribution in [3.63, 3.8) is 0 Å². The minimum absolute atomic E-state index is 0.0627. The zero-order valence-corrected chi connectivity index (χ0v) is 9.44. The Bertz CT molecular complexity index is 272. The lowest BCUT2D eigenvalue weighted by molar-refractivity contribution is -0.157. The minimum atomic E-state index is -1.15. The van der Waals surface area contributed by atoms with Gasteiger partial charge in [-0.05, 0) is 12.8 Å². The molecule has 2 atom stereocenters. The molecule has 0 bridgehead atoms. The average Bonchev–Trinajstić information content (AvgIpc) is 2.96. The van der Waals surface area contributed by atoms with E-state index in [1.165, 1.54) is 0 Å². The third-order valence-electron chi connectivity index (χ3n) is 2.97. The topological polar surface area (TPSA) is 87.1 Å². The predicted octanol–water partition coefficient (Wildman–Crippen LogP) is 1.51. The monoisotopic (exact) mass is 230 g/mol. The molecular weight excluding hydrogens is 212 g/mol. The van der Waals surface area contributed by atoms with E-state index < -0.39 is 17.4 Å². The van der Waals surface area contributed by atoms with Crippen LogP contribution in [0.15, 0.2) is 0 Å². The van der Waals surface area contributed by atoms with Crippen LogP contribution in [-0.2, 0) is 14.3 Å². The van der Waals surface area contributed by atoms with Gasteiger partial charge in [0.1, 0.15) is 0 Å². The van der Waals surface area contributed by atoms with Gasteiger partial charge in [0.05, 0.1) is 24.5 Å². The fourth-order valence-corrected chi connectivity index (χ4v) is 1.96. The van der Waals surface area contributed by atoms with Crippen molar-refractivity contribution in [2.75, 3.05) is 6.61 Å². The Labute approximate surface area is 94.4 Å². The Morgan fingerprint density at radius 2 is 2.06 bits per heavy atom. The molecule has 0 spiro atoms. The number of carboxylic acid groups (broad SMARTS) is 2. The molecule has 2 unspecified atom stereocenters. The molecule has 0 aromatic heterocycles. The number of carboxylic acids is 2. The highest BCUT2D eigenvalue weighted by molar-refractivity contribution is 5.81. The summed E-state index contributed by atoms with van der Waals surface area (Å²) >= 11 is 0. The molecule has 0 aromatic rings. The van der Waals surface area contributed by atoms with Crippen LogP contribution in [0.3, 0.4) is 0 Å². The van der Waals surface area contributed by atoms with Gasteiger partial charge in [0, 0.05) is 0 Å². The first-order chi connectivity index (χ1) is 7.50. The van der Waals surface area contributed by atoms with Crippen LogP contribution in [0.2, 0.25) is 0 Å². The Morgan fingerprint density at radius 1 is 1.44 bits per heavy atom. The summed E-state index contributed by atoms with van der Waals surface area (Å²) in [7, 11) is 0. The van der Waals surface area contributed by atoms with Gasteiger partial charge in [0.15, 0.2) is 0 Å². The average molecular weight is 230 g/mol. The van der Waals surface area contributed by atoms with E-state index in [1.54, 1.807) is 0 Å². The Kier molecular flexibility index (Phi) is 4.29. The van der Waals surface area contributed by atoms with Gasteiger partial charge in [-0.3, -0.25) is 9.59 Å². The quantitative estimate of drug-likeness (QED) is 0.617. The molecule has 92 valence electrons. The fraction of sp³-hybridized carbons (Fsp3) is 0.818. The molecule has 1 fully saturated rings. The van der Waals surface area contributed by atoms with Gasteiger partial charge in [-0.25, -0.2) is 0 Å². The smallest absolute Gasteiger partial charge is 0.310 e. The molecule has 1 rings (SSSR count). The van der Waals surface area contributed by atoms with E-state index in [0.717, 1.165) is 12.8 Å². The van der Waals surface area contributed by atoms with Gasteiger partial charge in [-0.2, -0.15) is 0 Å². The molecule has 0 aromatic carbocycles. The molecule has 0 saturated carbocycles. The van der Waals surface area contributed by atoms with Crippen molar-refractivity contribution in [2.24, 2.45) is 5.41 Å². The van der Waals surface area contributed by atoms with Gasteiger partial charge in [-0.1, -0.05) is 19.8 Å². The number of hydrogen-bond acceptors (Lipinski definition) is 3. The van der Waals surface area contributed by atoms with Crippen LogP contribution in [0.5, 0.6) is 0 Å². The van der Waals surface area contributed by atoms with Gasteiger partial charge >= 0.3 is 11.9 Å². The van der Waals surface area contributed by atoms with Crippen LogP contribution in [0.1, 0.15) is 39.0 Å². The molecule has 1 aliphatic heterocycles. The van der Waals surface area contributed by atoms with E-state index in [-0.39, 0.29) is 12.5 Å². The van der Waals surface area contributed by atoms with E-state index in [4.69, 9.17) is 9.84 Å². The van der Waals surface area contributed by atoms with Crippen LogP contribution >= 0.6 is 0 Å². The molecule has 2 N–H and O–H groups in total. The Hall–Kier alpha value is -1.10. The van der Waals surface area contributed by atoms with Gasteiger partial charge in [-0.15, -0.1) is 0 Å². The summed E-state index contributed by atoms with van der Waals surface area (Å²) < 4.78 is 5.02. The van der Waals surface area contributed by atoms with Crippen LogP contribution in [0.4, 0.5) is 0 Å². The molecule has 16 heavy (non-hydrogen) atoms. The third kappa shape index (κ3) is 3.48. The molecule has 0 aliphatic carbocycles. The molecule has 0 amide bonds. The number of rotatable bonds is 8. The Morgan fingerprint density at radius 3 is 2.44 bits per heavy atom. The second-order valence-corrected chi connectivity index (χ2v) is 4.42. The summed E-state index contributed by atoms with van der Waals surface area (Å²) in [5, 5.41) is 18.1. The molecule has 0 radical (unpaired) electrons. The highest BCUT2D eigenvalue weighted by Crippen LogP contribution is 2.38. The van der Waals surface area contributed by atoms with Gasteiger partial charge in [0.2, 0.25) is 0 Å². The van der Waals surface area contributed by atoms with Crippen LogP contribution in [0, 0.1) is 5.41 Å². The zero-order valence-electron chi connectivity index (χ0n) is 9.44. The highest BCUT2D eigenvalue weighted by atomic mass is 16.6. The van der Waals surface area contributed by atoms with Crippen molar-refractivity contribution in [3.8, 4) is 0 Å². The summed E-state index contributed by atoms with van der Waals surface area (Å²) in [5.41, 5.74) is -1.15. The van der Waals surface area contributed by atoms with Crippen molar-refractivity contribution >= 4 is 11.9 Å². The van der Waals surface area contributed by atoms with Gasteiger partial charge < -0.3 is 14.9 Å².